The Hall–Kier alpha value is -2.05. The Balaban J connectivity index is 2.00. The van der Waals surface area contributed by atoms with Gasteiger partial charge in [0.25, 0.3) is 5.91 Å². The third-order valence-corrected chi connectivity index (χ3v) is 5.09. The van der Waals surface area contributed by atoms with Crippen LogP contribution in [0.1, 0.15) is 19.4 Å². The van der Waals surface area contributed by atoms with Crippen LogP contribution in [-0.2, 0) is 4.79 Å². The van der Waals surface area contributed by atoms with E-state index in [4.69, 9.17) is 0 Å². The second-order valence-corrected chi connectivity index (χ2v) is 7.74. The van der Waals surface area contributed by atoms with Gasteiger partial charge in [-0.15, -0.1) is 0 Å². The molecular formula is C19H17BrN2O2S. The highest BCUT2D eigenvalue weighted by Crippen LogP contribution is 2.36. The number of halogens is 1. The average Bonchev–Trinajstić information content (AvgIpc) is 2.87. The molecule has 0 saturated carbocycles. The number of thioether (sulfide) groups is 1. The minimum Gasteiger partial charge on any atom is -0.507 e. The van der Waals surface area contributed by atoms with E-state index in [-0.39, 0.29) is 17.7 Å². The molecule has 6 heteroatoms. The quantitative estimate of drug-likeness (QED) is 0.702. The van der Waals surface area contributed by atoms with E-state index in [0.29, 0.717) is 15.6 Å². The van der Waals surface area contributed by atoms with Crippen LogP contribution in [0.25, 0.3) is 6.08 Å². The van der Waals surface area contributed by atoms with Crippen LogP contribution in [0.15, 0.2) is 62.9 Å². The van der Waals surface area contributed by atoms with Gasteiger partial charge in [-0.2, -0.15) is 0 Å². The number of carbonyl (C=O) groups is 1. The molecule has 0 radical (unpaired) electrons. The van der Waals surface area contributed by atoms with Crippen LogP contribution in [0.4, 0.5) is 5.69 Å². The molecule has 1 aliphatic heterocycles. The molecule has 1 saturated heterocycles. The Morgan fingerprint density at radius 2 is 1.92 bits per heavy atom. The number of phenolic OH excluding ortho intramolecular Hbond substituents is 1. The molecule has 1 amide bonds. The lowest BCUT2D eigenvalue weighted by Crippen LogP contribution is -2.35. The van der Waals surface area contributed by atoms with Crippen molar-refractivity contribution < 1.29 is 9.90 Å². The number of nitrogens with zero attached hydrogens (tertiary/aromatic N) is 2. The first-order valence-electron chi connectivity index (χ1n) is 7.81. The maximum atomic E-state index is 12.8. The van der Waals surface area contributed by atoms with Gasteiger partial charge < -0.3 is 5.11 Å². The number of amides is 1. The molecule has 1 fully saturated rings. The topological polar surface area (TPSA) is 52.9 Å². The number of hydrogen-bond donors (Lipinski definition) is 1. The van der Waals surface area contributed by atoms with Gasteiger partial charge in [-0.05, 0) is 62.0 Å². The summed E-state index contributed by atoms with van der Waals surface area (Å²) >= 11 is 4.71. The number of amidine groups is 1. The summed E-state index contributed by atoms with van der Waals surface area (Å²) in [5.41, 5.74) is 1.39. The molecular weight excluding hydrogens is 400 g/mol. The lowest BCUT2D eigenvalue weighted by molar-refractivity contribution is -0.123. The summed E-state index contributed by atoms with van der Waals surface area (Å²) in [6, 6.07) is 14.7. The van der Waals surface area contributed by atoms with E-state index < -0.39 is 0 Å². The summed E-state index contributed by atoms with van der Waals surface area (Å²) in [6.45, 7) is 3.91. The third kappa shape index (κ3) is 3.96. The van der Waals surface area contributed by atoms with Crippen molar-refractivity contribution in [2.75, 3.05) is 0 Å². The molecule has 1 aliphatic rings. The van der Waals surface area contributed by atoms with Crippen molar-refractivity contribution in [1.82, 2.24) is 4.90 Å². The van der Waals surface area contributed by atoms with Gasteiger partial charge in [0.1, 0.15) is 5.75 Å². The van der Waals surface area contributed by atoms with Crippen molar-refractivity contribution in [2.45, 2.75) is 19.9 Å². The predicted molar refractivity (Wildman–Crippen MR) is 107 cm³/mol. The van der Waals surface area contributed by atoms with Crippen LogP contribution in [0, 0.1) is 0 Å². The van der Waals surface area contributed by atoms with Crippen LogP contribution in [-0.4, -0.2) is 27.1 Å². The van der Waals surface area contributed by atoms with Gasteiger partial charge in [0.05, 0.1) is 10.6 Å². The number of carbonyl (C=O) groups excluding carboxylic acids is 1. The van der Waals surface area contributed by atoms with E-state index in [1.807, 2.05) is 44.2 Å². The van der Waals surface area contributed by atoms with Crippen molar-refractivity contribution in [2.24, 2.45) is 4.99 Å². The molecule has 2 aromatic rings. The highest BCUT2D eigenvalue weighted by Gasteiger charge is 2.35. The first-order valence-corrected chi connectivity index (χ1v) is 9.42. The van der Waals surface area contributed by atoms with Gasteiger partial charge in [-0.3, -0.25) is 9.69 Å². The maximum Gasteiger partial charge on any atom is 0.266 e. The Bertz CT molecular complexity index is 863. The SMILES string of the molecule is CC(C)N1C(=O)/C(=C\c2cc(Br)ccc2O)SC1=Nc1ccccc1. The van der Waals surface area contributed by atoms with E-state index in [2.05, 4.69) is 20.9 Å². The van der Waals surface area contributed by atoms with Gasteiger partial charge in [0.2, 0.25) is 0 Å². The van der Waals surface area contributed by atoms with E-state index in [9.17, 15) is 9.90 Å². The molecule has 4 nitrogen and oxygen atoms in total. The van der Waals surface area contributed by atoms with Crippen molar-refractivity contribution >= 4 is 50.5 Å². The fraction of sp³-hybridized carbons (Fsp3) is 0.158. The van der Waals surface area contributed by atoms with Crippen LogP contribution in [0.3, 0.4) is 0 Å². The molecule has 25 heavy (non-hydrogen) atoms. The normalized spacial score (nSPS) is 17.9. The zero-order valence-corrected chi connectivity index (χ0v) is 16.2. The molecule has 1 N–H and O–H groups in total. The summed E-state index contributed by atoms with van der Waals surface area (Å²) in [4.78, 5) is 19.6. The third-order valence-electron chi connectivity index (χ3n) is 3.61. The molecule has 0 aromatic heterocycles. The number of aromatic hydroxyl groups is 1. The number of rotatable bonds is 3. The molecule has 2 aromatic carbocycles. The fourth-order valence-corrected chi connectivity index (χ4v) is 3.91. The molecule has 128 valence electrons. The van der Waals surface area contributed by atoms with E-state index in [1.165, 1.54) is 11.8 Å². The van der Waals surface area contributed by atoms with Crippen molar-refractivity contribution in [3.05, 3.63) is 63.5 Å². The number of aliphatic imine (C=N–C) groups is 1. The summed E-state index contributed by atoms with van der Waals surface area (Å²) in [7, 11) is 0. The Labute approximate surface area is 159 Å². The zero-order valence-electron chi connectivity index (χ0n) is 13.8. The largest absolute Gasteiger partial charge is 0.507 e. The van der Waals surface area contributed by atoms with Gasteiger partial charge in [-0.25, -0.2) is 4.99 Å². The Morgan fingerprint density at radius 3 is 2.60 bits per heavy atom. The lowest BCUT2D eigenvalue weighted by Gasteiger charge is -2.19. The monoisotopic (exact) mass is 416 g/mol. The number of hydrogen-bond acceptors (Lipinski definition) is 4. The van der Waals surface area contributed by atoms with Crippen molar-refractivity contribution in [1.29, 1.82) is 0 Å². The highest BCUT2D eigenvalue weighted by molar-refractivity contribution is 9.10. The Kier molecular flexibility index (Phi) is 5.30. The first kappa shape index (κ1) is 17.8. The van der Waals surface area contributed by atoms with Crippen molar-refractivity contribution in [3.63, 3.8) is 0 Å². The van der Waals surface area contributed by atoms with Crippen LogP contribution in [0.5, 0.6) is 5.75 Å². The van der Waals surface area contributed by atoms with Crippen LogP contribution >= 0.6 is 27.7 Å². The lowest BCUT2D eigenvalue weighted by atomic mass is 10.2. The summed E-state index contributed by atoms with van der Waals surface area (Å²) < 4.78 is 0.839. The van der Waals surface area contributed by atoms with E-state index >= 15 is 0 Å². The van der Waals surface area contributed by atoms with Crippen molar-refractivity contribution in [3.8, 4) is 5.75 Å². The minimum absolute atomic E-state index is 0.00975. The molecule has 0 atom stereocenters. The predicted octanol–water partition coefficient (Wildman–Crippen LogP) is 5.17. The minimum atomic E-state index is -0.103. The zero-order chi connectivity index (χ0) is 18.0. The molecule has 0 spiro atoms. The second-order valence-electron chi connectivity index (χ2n) is 5.81. The van der Waals surface area contributed by atoms with Crippen LogP contribution < -0.4 is 0 Å². The summed E-state index contributed by atoms with van der Waals surface area (Å²) in [6.07, 6.45) is 1.70. The molecule has 3 rings (SSSR count). The fourth-order valence-electron chi connectivity index (χ4n) is 2.42. The summed E-state index contributed by atoms with van der Waals surface area (Å²) in [5.74, 6) is 0.0303. The maximum absolute atomic E-state index is 12.8. The molecule has 0 unspecified atom stereocenters. The number of para-hydroxylation sites is 1. The summed E-state index contributed by atoms with van der Waals surface area (Å²) in [5, 5.41) is 10.7. The van der Waals surface area contributed by atoms with Gasteiger partial charge >= 0.3 is 0 Å². The first-order chi connectivity index (χ1) is 12.0. The highest BCUT2D eigenvalue weighted by atomic mass is 79.9. The number of benzene rings is 2. The van der Waals surface area contributed by atoms with Gasteiger partial charge in [-0.1, -0.05) is 34.1 Å². The average molecular weight is 417 g/mol. The Morgan fingerprint density at radius 1 is 1.20 bits per heavy atom. The molecule has 1 heterocycles. The van der Waals surface area contributed by atoms with Gasteiger partial charge in [0.15, 0.2) is 5.17 Å². The van der Waals surface area contributed by atoms with E-state index in [1.54, 1.807) is 29.2 Å². The standard InChI is InChI=1S/C19H17BrN2O2S/c1-12(2)22-18(24)17(11-13-10-14(20)8-9-16(13)23)25-19(22)21-15-6-4-3-5-7-15/h3-12,23H,1-2H3/b17-11+,21-19?. The second kappa shape index (κ2) is 7.45. The van der Waals surface area contributed by atoms with Crippen LogP contribution in [0.2, 0.25) is 0 Å². The molecule has 0 aliphatic carbocycles. The molecule has 0 bridgehead atoms. The number of phenols is 1. The smallest absolute Gasteiger partial charge is 0.266 e. The van der Waals surface area contributed by atoms with Gasteiger partial charge in [0, 0.05) is 16.1 Å². The van der Waals surface area contributed by atoms with E-state index in [0.717, 1.165) is 10.2 Å².